The molecule has 1 spiro atoms. The summed E-state index contributed by atoms with van der Waals surface area (Å²) in [4.78, 5) is 0. The van der Waals surface area contributed by atoms with E-state index >= 15 is 0 Å². The highest BCUT2D eigenvalue weighted by Gasteiger charge is 2.62. The van der Waals surface area contributed by atoms with Crippen LogP contribution in [0.4, 0.5) is 0 Å². The van der Waals surface area contributed by atoms with Crippen molar-refractivity contribution in [3.8, 4) is 0 Å². The Morgan fingerprint density at radius 3 is 2.69 bits per heavy atom. The molecule has 0 bridgehead atoms. The molecule has 0 aromatic heterocycles. The minimum atomic E-state index is -2.85. The highest BCUT2D eigenvalue weighted by atomic mass is 35.5. The maximum Gasteiger partial charge on any atom is 0.150 e. The van der Waals surface area contributed by atoms with Gasteiger partial charge in [-0.15, -0.1) is 11.6 Å². The normalized spacial score (nSPS) is 44.2. The molecule has 2 saturated carbocycles. The quantitative estimate of drug-likeness (QED) is 0.668. The number of alkyl halides is 1. The summed E-state index contributed by atoms with van der Waals surface area (Å²) >= 11 is 5.79. The first kappa shape index (κ1) is 9.78. The fraction of sp³-hybridized carbons (Fsp3) is 1.00. The Kier molecular flexibility index (Phi) is 2.15. The minimum Gasteiger partial charge on any atom is -0.229 e. The summed E-state index contributed by atoms with van der Waals surface area (Å²) in [5.41, 5.74) is 0.0926. The van der Waals surface area contributed by atoms with E-state index in [4.69, 9.17) is 11.6 Å². The van der Waals surface area contributed by atoms with Crippen LogP contribution in [0.15, 0.2) is 0 Å². The fourth-order valence-electron chi connectivity index (χ4n) is 3.01. The fourth-order valence-corrected chi connectivity index (χ4v) is 5.28. The van der Waals surface area contributed by atoms with Gasteiger partial charge in [-0.05, 0) is 30.6 Å². The predicted octanol–water partition coefficient (Wildman–Crippen LogP) is 1.83. The maximum atomic E-state index is 11.5. The Labute approximate surface area is 84.6 Å². The van der Waals surface area contributed by atoms with E-state index in [2.05, 4.69) is 0 Å². The van der Waals surface area contributed by atoms with Crippen molar-refractivity contribution in [3.63, 3.8) is 0 Å². The molecular formula is C9H15ClO2S. The predicted molar refractivity (Wildman–Crippen MR) is 53.7 cm³/mol. The molecule has 2 aliphatic carbocycles. The highest BCUT2D eigenvalue weighted by molar-refractivity contribution is 7.91. The van der Waals surface area contributed by atoms with Gasteiger partial charge >= 0.3 is 0 Å². The van der Waals surface area contributed by atoms with Gasteiger partial charge in [0.15, 0.2) is 9.84 Å². The second-order valence-electron chi connectivity index (χ2n) is 4.50. The lowest BCUT2D eigenvalue weighted by Gasteiger charge is -2.17. The van der Waals surface area contributed by atoms with Crippen LogP contribution >= 0.6 is 11.6 Å². The molecule has 3 unspecified atom stereocenters. The van der Waals surface area contributed by atoms with Gasteiger partial charge in [-0.1, -0.05) is 6.42 Å². The highest BCUT2D eigenvalue weighted by Crippen LogP contribution is 2.64. The summed E-state index contributed by atoms with van der Waals surface area (Å²) in [5.74, 6) is 1.10. The van der Waals surface area contributed by atoms with Crippen LogP contribution in [0.5, 0.6) is 0 Å². The third-order valence-electron chi connectivity index (χ3n) is 3.73. The van der Waals surface area contributed by atoms with E-state index in [0.717, 1.165) is 25.7 Å². The van der Waals surface area contributed by atoms with Crippen molar-refractivity contribution in [3.05, 3.63) is 0 Å². The molecule has 4 heteroatoms. The molecule has 3 atom stereocenters. The van der Waals surface area contributed by atoms with Gasteiger partial charge in [-0.3, -0.25) is 0 Å². The van der Waals surface area contributed by atoms with Gasteiger partial charge in [-0.25, -0.2) is 8.42 Å². The molecule has 2 nitrogen and oxygen atoms in total. The Bertz CT molecular complexity index is 312. The Hall–Kier alpha value is 0.240. The van der Waals surface area contributed by atoms with E-state index in [1.54, 1.807) is 0 Å². The van der Waals surface area contributed by atoms with Crippen LogP contribution < -0.4 is 0 Å². The smallest absolute Gasteiger partial charge is 0.150 e. The van der Waals surface area contributed by atoms with Crippen molar-refractivity contribution < 1.29 is 8.42 Å². The molecule has 2 rings (SSSR count). The van der Waals surface area contributed by atoms with Crippen molar-refractivity contribution >= 4 is 21.4 Å². The zero-order valence-corrected chi connectivity index (χ0v) is 9.37. The molecule has 76 valence electrons. The first-order valence-electron chi connectivity index (χ1n) is 4.75. The molecule has 0 N–H and O–H groups in total. The van der Waals surface area contributed by atoms with Gasteiger partial charge < -0.3 is 0 Å². The molecule has 0 saturated heterocycles. The number of sulfone groups is 1. The average Bonchev–Trinajstić information content (AvgIpc) is 2.49. The molecule has 0 amide bonds. The summed E-state index contributed by atoms with van der Waals surface area (Å²) in [7, 11) is -2.85. The molecule has 0 radical (unpaired) electrons. The summed E-state index contributed by atoms with van der Waals surface area (Å²) in [5, 5.41) is -0.0938. The molecular weight excluding hydrogens is 208 g/mol. The van der Waals surface area contributed by atoms with Gasteiger partial charge in [0, 0.05) is 12.1 Å². The van der Waals surface area contributed by atoms with Crippen LogP contribution in [0.25, 0.3) is 0 Å². The largest absolute Gasteiger partial charge is 0.229 e. The zero-order chi connectivity index (χ0) is 9.69. The van der Waals surface area contributed by atoms with E-state index in [1.165, 1.54) is 6.26 Å². The summed E-state index contributed by atoms with van der Waals surface area (Å²) in [6.45, 7) is 0. The second-order valence-corrected chi connectivity index (χ2v) is 7.04. The standard InChI is InChI=1S/C9H15ClO2S/c1-13(11,12)8-3-2-4-9(8)5-7(9)6-10/h7-8H,2-6H2,1H3. The Balaban J connectivity index is 2.23. The number of hydrogen-bond acceptors (Lipinski definition) is 2. The molecule has 0 aromatic carbocycles. The first-order chi connectivity index (χ1) is 6.00. The number of hydrogen-bond donors (Lipinski definition) is 0. The van der Waals surface area contributed by atoms with Crippen molar-refractivity contribution in [1.82, 2.24) is 0 Å². The summed E-state index contributed by atoms with van der Waals surface area (Å²) < 4.78 is 23.0. The molecule has 0 aromatic rings. The van der Waals surface area contributed by atoms with Crippen molar-refractivity contribution in [1.29, 1.82) is 0 Å². The topological polar surface area (TPSA) is 34.1 Å². The number of rotatable bonds is 2. The van der Waals surface area contributed by atoms with E-state index < -0.39 is 9.84 Å². The molecule has 2 aliphatic rings. The molecule has 2 fully saturated rings. The van der Waals surface area contributed by atoms with E-state index in [1.807, 2.05) is 0 Å². The second kappa shape index (κ2) is 2.86. The molecule has 0 aliphatic heterocycles. The SMILES string of the molecule is CS(=O)(=O)C1CCCC12CC2CCl. The van der Waals surface area contributed by atoms with Crippen LogP contribution in [-0.4, -0.2) is 25.8 Å². The van der Waals surface area contributed by atoms with E-state index in [0.29, 0.717) is 11.8 Å². The molecule has 0 heterocycles. The van der Waals surface area contributed by atoms with Gasteiger partial charge in [0.05, 0.1) is 5.25 Å². The lowest BCUT2D eigenvalue weighted by atomic mass is 10.0. The van der Waals surface area contributed by atoms with E-state index in [9.17, 15) is 8.42 Å². The average molecular weight is 223 g/mol. The van der Waals surface area contributed by atoms with Crippen molar-refractivity contribution in [2.24, 2.45) is 11.3 Å². The monoisotopic (exact) mass is 222 g/mol. The van der Waals surface area contributed by atoms with Crippen molar-refractivity contribution in [2.75, 3.05) is 12.1 Å². The zero-order valence-electron chi connectivity index (χ0n) is 7.79. The minimum absolute atomic E-state index is 0.0926. The van der Waals surface area contributed by atoms with Gasteiger partial charge in [0.25, 0.3) is 0 Å². The van der Waals surface area contributed by atoms with E-state index in [-0.39, 0.29) is 10.7 Å². The molecule has 13 heavy (non-hydrogen) atoms. The Morgan fingerprint density at radius 1 is 1.54 bits per heavy atom. The third kappa shape index (κ3) is 1.40. The summed E-state index contributed by atoms with van der Waals surface area (Å²) in [6, 6.07) is 0. The lowest BCUT2D eigenvalue weighted by molar-refractivity contribution is 0.474. The summed E-state index contributed by atoms with van der Waals surface area (Å²) in [6.07, 6.45) is 5.39. The van der Waals surface area contributed by atoms with Gasteiger partial charge in [-0.2, -0.15) is 0 Å². The van der Waals surface area contributed by atoms with Gasteiger partial charge in [0.1, 0.15) is 0 Å². The van der Waals surface area contributed by atoms with Crippen LogP contribution in [0.3, 0.4) is 0 Å². The third-order valence-corrected chi connectivity index (χ3v) is 5.84. The van der Waals surface area contributed by atoms with Crippen LogP contribution in [0, 0.1) is 11.3 Å². The first-order valence-corrected chi connectivity index (χ1v) is 7.24. The van der Waals surface area contributed by atoms with Crippen LogP contribution in [-0.2, 0) is 9.84 Å². The Morgan fingerprint density at radius 2 is 2.23 bits per heavy atom. The lowest BCUT2D eigenvalue weighted by Crippen LogP contribution is -2.27. The van der Waals surface area contributed by atoms with Crippen LogP contribution in [0.1, 0.15) is 25.7 Å². The van der Waals surface area contributed by atoms with Gasteiger partial charge in [0.2, 0.25) is 0 Å². The van der Waals surface area contributed by atoms with Crippen LogP contribution in [0.2, 0.25) is 0 Å². The number of halogens is 1. The maximum absolute atomic E-state index is 11.5. The van der Waals surface area contributed by atoms with Crippen molar-refractivity contribution in [2.45, 2.75) is 30.9 Å².